The molecule has 2 rings (SSSR count). The predicted molar refractivity (Wildman–Crippen MR) is 81.4 cm³/mol. The minimum atomic E-state index is -0.840. The third-order valence-electron chi connectivity index (χ3n) is 3.41. The Morgan fingerprint density at radius 1 is 0.900 bits per heavy atom. The van der Waals surface area contributed by atoms with Crippen LogP contribution in [0.2, 0.25) is 0 Å². The maximum atomic E-state index is 10.1. The highest BCUT2D eigenvalue weighted by Gasteiger charge is 2.17. The summed E-state index contributed by atoms with van der Waals surface area (Å²) in [5, 5.41) is 23.0. The average molecular weight is 271 g/mol. The van der Waals surface area contributed by atoms with Gasteiger partial charge in [0.2, 0.25) is 0 Å². The van der Waals surface area contributed by atoms with E-state index in [4.69, 9.17) is 0 Å². The van der Waals surface area contributed by atoms with Crippen molar-refractivity contribution in [1.29, 1.82) is 0 Å². The molecule has 3 nitrogen and oxygen atoms in total. The number of aliphatic hydroxyl groups excluding tert-OH is 2. The average Bonchev–Trinajstić information content (AvgIpc) is 2.53. The van der Waals surface area contributed by atoms with E-state index in [-0.39, 0.29) is 0 Å². The van der Waals surface area contributed by atoms with Crippen molar-refractivity contribution in [3.05, 3.63) is 60.2 Å². The van der Waals surface area contributed by atoms with Gasteiger partial charge in [-0.2, -0.15) is 0 Å². The Hall–Kier alpha value is -1.68. The summed E-state index contributed by atoms with van der Waals surface area (Å²) in [6, 6.07) is 17.8. The zero-order valence-electron chi connectivity index (χ0n) is 11.7. The van der Waals surface area contributed by atoms with Crippen LogP contribution in [0.25, 0.3) is 11.1 Å². The molecule has 0 amide bonds. The van der Waals surface area contributed by atoms with E-state index >= 15 is 0 Å². The molecule has 3 N–H and O–H groups in total. The molecule has 106 valence electrons. The first-order chi connectivity index (χ1) is 9.72. The van der Waals surface area contributed by atoms with Crippen molar-refractivity contribution in [2.24, 2.45) is 0 Å². The first-order valence-corrected chi connectivity index (χ1v) is 6.88. The quantitative estimate of drug-likeness (QED) is 0.756. The minimum Gasteiger partial charge on any atom is -0.390 e. The van der Waals surface area contributed by atoms with Crippen LogP contribution in [-0.4, -0.2) is 29.9 Å². The molecule has 0 radical (unpaired) electrons. The zero-order chi connectivity index (χ0) is 14.4. The largest absolute Gasteiger partial charge is 0.390 e. The zero-order valence-corrected chi connectivity index (χ0v) is 11.7. The maximum Gasteiger partial charge on any atom is 0.105 e. The molecule has 3 heteroatoms. The van der Waals surface area contributed by atoms with Crippen molar-refractivity contribution in [2.45, 2.75) is 18.6 Å². The molecule has 0 fully saturated rings. The molecule has 0 aromatic heterocycles. The lowest BCUT2D eigenvalue weighted by Crippen LogP contribution is -2.23. The standard InChI is InChI=1S/C17H21NO2/c1-18-12-11-16(19)17(20)15-9-7-14(8-10-15)13-5-3-2-4-6-13/h2-10,16-20H,11-12H2,1H3. The van der Waals surface area contributed by atoms with E-state index in [0.29, 0.717) is 13.0 Å². The molecule has 0 saturated carbocycles. The van der Waals surface area contributed by atoms with Crippen LogP contribution in [0.1, 0.15) is 18.1 Å². The van der Waals surface area contributed by atoms with E-state index in [9.17, 15) is 10.2 Å². The van der Waals surface area contributed by atoms with Crippen molar-refractivity contribution >= 4 is 0 Å². The van der Waals surface area contributed by atoms with Gasteiger partial charge in [-0.25, -0.2) is 0 Å². The normalized spacial score (nSPS) is 13.9. The Morgan fingerprint density at radius 3 is 2.10 bits per heavy atom. The fourth-order valence-corrected chi connectivity index (χ4v) is 2.18. The lowest BCUT2D eigenvalue weighted by atomic mass is 9.98. The van der Waals surface area contributed by atoms with E-state index in [1.165, 1.54) is 0 Å². The van der Waals surface area contributed by atoms with Gasteiger partial charge in [0.1, 0.15) is 6.10 Å². The van der Waals surface area contributed by atoms with Gasteiger partial charge in [-0.1, -0.05) is 54.6 Å². The highest BCUT2D eigenvalue weighted by molar-refractivity contribution is 5.63. The van der Waals surface area contributed by atoms with Gasteiger partial charge < -0.3 is 15.5 Å². The van der Waals surface area contributed by atoms with Gasteiger partial charge in [-0.3, -0.25) is 0 Å². The minimum absolute atomic E-state index is 0.526. The van der Waals surface area contributed by atoms with Crippen LogP contribution in [0.4, 0.5) is 0 Å². The van der Waals surface area contributed by atoms with E-state index < -0.39 is 12.2 Å². The summed E-state index contributed by atoms with van der Waals surface area (Å²) >= 11 is 0. The summed E-state index contributed by atoms with van der Waals surface area (Å²) in [6.07, 6.45) is -1.06. The second-order valence-electron chi connectivity index (χ2n) is 4.89. The van der Waals surface area contributed by atoms with Crippen LogP contribution >= 0.6 is 0 Å². The van der Waals surface area contributed by atoms with Gasteiger partial charge in [-0.05, 0) is 36.7 Å². The maximum absolute atomic E-state index is 10.1. The Kier molecular flexibility index (Phi) is 5.30. The Balaban J connectivity index is 2.08. The molecule has 0 bridgehead atoms. The van der Waals surface area contributed by atoms with E-state index in [0.717, 1.165) is 16.7 Å². The second kappa shape index (κ2) is 7.20. The number of hydrogen-bond donors (Lipinski definition) is 3. The first-order valence-electron chi connectivity index (χ1n) is 6.88. The summed E-state index contributed by atoms with van der Waals surface area (Å²) in [4.78, 5) is 0. The molecule has 0 heterocycles. The van der Waals surface area contributed by atoms with Crippen LogP contribution in [0.3, 0.4) is 0 Å². The fourth-order valence-electron chi connectivity index (χ4n) is 2.18. The molecule has 2 aromatic rings. The molecule has 2 unspecified atom stereocenters. The van der Waals surface area contributed by atoms with Crippen molar-refractivity contribution < 1.29 is 10.2 Å². The second-order valence-corrected chi connectivity index (χ2v) is 4.89. The Bertz CT molecular complexity index is 510. The van der Waals surface area contributed by atoms with Crippen molar-refractivity contribution in [1.82, 2.24) is 5.32 Å². The number of nitrogens with one attached hydrogen (secondary N) is 1. The van der Waals surface area contributed by atoms with Crippen LogP contribution in [0.5, 0.6) is 0 Å². The van der Waals surface area contributed by atoms with Crippen LogP contribution < -0.4 is 5.32 Å². The summed E-state index contributed by atoms with van der Waals surface area (Å²) < 4.78 is 0. The summed E-state index contributed by atoms with van der Waals surface area (Å²) in [5.74, 6) is 0. The van der Waals surface area contributed by atoms with Crippen molar-refractivity contribution in [3.8, 4) is 11.1 Å². The highest BCUT2D eigenvalue weighted by Crippen LogP contribution is 2.24. The SMILES string of the molecule is CNCCC(O)C(O)c1ccc(-c2ccccc2)cc1. The Labute approximate surface area is 119 Å². The van der Waals surface area contributed by atoms with E-state index in [1.54, 1.807) is 0 Å². The third-order valence-corrected chi connectivity index (χ3v) is 3.41. The first kappa shape index (κ1) is 14.7. The fraction of sp³-hybridized carbons (Fsp3) is 0.294. The molecular formula is C17H21NO2. The smallest absolute Gasteiger partial charge is 0.105 e. The lowest BCUT2D eigenvalue weighted by molar-refractivity contribution is 0.0140. The van der Waals surface area contributed by atoms with Crippen LogP contribution in [-0.2, 0) is 0 Å². The van der Waals surface area contributed by atoms with Crippen molar-refractivity contribution in [2.75, 3.05) is 13.6 Å². The monoisotopic (exact) mass is 271 g/mol. The topological polar surface area (TPSA) is 52.5 Å². The molecule has 0 aliphatic rings. The number of aliphatic hydroxyl groups is 2. The van der Waals surface area contributed by atoms with Gasteiger partial charge >= 0.3 is 0 Å². The molecule has 2 aromatic carbocycles. The molecule has 0 aliphatic heterocycles. The molecule has 2 atom stereocenters. The van der Waals surface area contributed by atoms with Gasteiger partial charge in [0.15, 0.2) is 0 Å². The van der Waals surface area contributed by atoms with E-state index in [2.05, 4.69) is 5.32 Å². The molecule has 0 spiro atoms. The van der Waals surface area contributed by atoms with Crippen molar-refractivity contribution in [3.63, 3.8) is 0 Å². The van der Waals surface area contributed by atoms with Gasteiger partial charge in [-0.15, -0.1) is 0 Å². The van der Waals surface area contributed by atoms with Gasteiger partial charge in [0.05, 0.1) is 6.10 Å². The molecule has 0 aliphatic carbocycles. The van der Waals surface area contributed by atoms with Gasteiger partial charge in [0, 0.05) is 0 Å². The number of hydrogen-bond acceptors (Lipinski definition) is 3. The van der Waals surface area contributed by atoms with Crippen LogP contribution in [0, 0.1) is 0 Å². The number of rotatable bonds is 6. The molecular weight excluding hydrogens is 250 g/mol. The summed E-state index contributed by atoms with van der Waals surface area (Å²) in [6.45, 7) is 0.681. The van der Waals surface area contributed by atoms with Crippen LogP contribution in [0.15, 0.2) is 54.6 Å². The summed E-state index contributed by atoms with van der Waals surface area (Å²) in [5.41, 5.74) is 2.99. The molecule has 0 saturated heterocycles. The predicted octanol–water partition coefficient (Wildman–Crippen LogP) is 2.36. The van der Waals surface area contributed by atoms with E-state index in [1.807, 2.05) is 61.6 Å². The highest BCUT2D eigenvalue weighted by atomic mass is 16.3. The number of benzene rings is 2. The lowest BCUT2D eigenvalue weighted by Gasteiger charge is -2.18. The summed E-state index contributed by atoms with van der Waals surface area (Å²) in [7, 11) is 1.83. The molecule has 20 heavy (non-hydrogen) atoms. The van der Waals surface area contributed by atoms with Gasteiger partial charge in [0.25, 0.3) is 0 Å². The third kappa shape index (κ3) is 3.67. The Morgan fingerprint density at radius 2 is 1.50 bits per heavy atom.